The van der Waals surface area contributed by atoms with Crippen molar-refractivity contribution in [2.75, 3.05) is 23.7 Å². The first-order valence-electron chi connectivity index (χ1n) is 10.4. The van der Waals surface area contributed by atoms with Gasteiger partial charge in [0.05, 0.1) is 11.9 Å². The summed E-state index contributed by atoms with van der Waals surface area (Å²) in [7, 11) is -3.97. The van der Waals surface area contributed by atoms with Crippen molar-refractivity contribution in [2.45, 2.75) is 39.8 Å². The van der Waals surface area contributed by atoms with Gasteiger partial charge in [-0.25, -0.2) is 12.8 Å². The number of aryl methyl sites for hydroxylation is 1. The molecular formula is C23H30FN3O4S. The second-order valence-corrected chi connectivity index (χ2v) is 9.39. The third-order valence-electron chi connectivity index (χ3n) is 5.14. The topological polar surface area (TPSA) is 86.8 Å². The van der Waals surface area contributed by atoms with Crippen molar-refractivity contribution in [3.8, 4) is 0 Å². The van der Waals surface area contributed by atoms with E-state index < -0.39 is 34.3 Å². The molecule has 2 amide bonds. The monoisotopic (exact) mass is 463 g/mol. The zero-order valence-corrected chi connectivity index (χ0v) is 19.7. The normalized spacial score (nSPS) is 12.2. The molecule has 0 spiro atoms. The minimum atomic E-state index is -3.97. The Morgan fingerprint density at radius 1 is 1.06 bits per heavy atom. The van der Waals surface area contributed by atoms with Gasteiger partial charge in [-0.05, 0) is 43.5 Å². The Morgan fingerprint density at radius 3 is 2.25 bits per heavy atom. The zero-order valence-electron chi connectivity index (χ0n) is 18.8. The van der Waals surface area contributed by atoms with E-state index >= 15 is 0 Å². The molecule has 174 valence electrons. The first kappa shape index (κ1) is 25.3. The van der Waals surface area contributed by atoms with E-state index in [-0.39, 0.29) is 18.1 Å². The van der Waals surface area contributed by atoms with Crippen LogP contribution in [0.2, 0.25) is 0 Å². The molecule has 1 atom stereocenters. The fraction of sp³-hybridized carbons (Fsp3) is 0.391. The van der Waals surface area contributed by atoms with Crippen molar-refractivity contribution in [2.24, 2.45) is 0 Å². The van der Waals surface area contributed by atoms with Crippen LogP contribution in [0.15, 0.2) is 48.5 Å². The van der Waals surface area contributed by atoms with Crippen LogP contribution in [0.1, 0.15) is 31.4 Å². The van der Waals surface area contributed by atoms with Gasteiger partial charge in [-0.2, -0.15) is 0 Å². The molecule has 0 unspecified atom stereocenters. The molecule has 7 nitrogen and oxygen atoms in total. The average molecular weight is 464 g/mol. The Labute approximate surface area is 189 Å². The number of hydrogen-bond donors (Lipinski definition) is 1. The van der Waals surface area contributed by atoms with E-state index in [0.717, 1.165) is 27.8 Å². The third-order valence-corrected chi connectivity index (χ3v) is 6.27. The molecule has 0 aliphatic rings. The maximum Gasteiger partial charge on any atom is 0.244 e. The number of carbonyl (C=O) groups excluding carboxylic acids is 2. The molecule has 0 bridgehead atoms. The van der Waals surface area contributed by atoms with Crippen molar-refractivity contribution in [3.63, 3.8) is 0 Å². The molecule has 0 aliphatic carbocycles. The predicted molar refractivity (Wildman–Crippen MR) is 123 cm³/mol. The quantitative estimate of drug-likeness (QED) is 0.587. The molecule has 2 aromatic carbocycles. The number of carbonyl (C=O) groups is 2. The van der Waals surface area contributed by atoms with E-state index in [4.69, 9.17) is 0 Å². The Balaban J connectivity index is 2.46. The van der Waals surface area contributed by atoms with Crippen LogP contribution in [0.4, 0.5) is 10.1 Å². The molecule has 0 aliphatic heterocycles. The number of anilines is 1. The molecule has 0 aromatic heterocycles. The summed E-state index contributed by atoms with van der Waals surface area (Å²) in [5.74, 6) is -1.68. The van der Waals surface area contributed by atoms with Crippen LogP contribution in [0.25, 0.3) is 0 Å². The molecule has 0 saturated heterocycles. The van der Waals surface area contributed by atoms with Gasteiger partial charge in [0.25, 0.3) is 0 Å². The second kappa shape index (κ2) is 11.1. The van der Waals surface area contributed by atoms with Gasteiger partial charge in [0.1, 0.15) is 18.4 Å². The number of likely N-dealkylation sites (N-methyl/N-ethyl adjacent to an activating group) is 1. The van der Waals surface area contributed by atoms with Crippen LogP contribution in [-0.4, -0.2) is 50.5 Å². The van der Waals surface area contributed by atoms with Crippen LogP contribution in [-0.2, 0) is 26.2 Å². The molecule has 0 radical (unpaired) electrons. The van der Waals surface area contributed by atoms with Crippen LogP contribution >= 0.6 is 0 Å². The second-order valence-electron chi connectivity index (χ2n) is 7.49. The molecule has 2 aromatic rings. The third kappa shape index (κ3) is 6.29. The molecule has 0 heterocycles. The Hall–Kier alpha value is -2.94. The summed E-state index contributed by atoms with van der Waals surface area (Å²) < 4.78 is 40.0. The lowest BCUT2D eigenvalue weighted by Crippen LogP contribution is -2.52. The summed E-state index contributed by atoms with van der Waals surface area (Å²) in [5, 5.41) is 2.73. The highest BCUT2D eigenvalue weighted by atomic mass is 32.2. The fourth-order valence-electron chi connectivity index (χ4n) is 3.43. The molecule has 1 N–H and O–H groups in total. The molecular weight excluding hydrogens is 433 g/mol. The number of hydrogen-bond acceptors (Lipinski definition) is 4. The van der Waals surface area contributed by atoms with Gasteiger partial charge < -0.3 is 10.2 Å². The van der Waals surface area contributed by atoms with Crippen LogP contribution in [0.3, 0.4) is 0 Å². The van der Waals surface area contributed by atoms with Gasteiger partial charge in [-0.1, -0.05) is 43.3 Å². The zero-order chi connectivity index (χ0) is 23.9. The van der Waals surface area contributed by atoms with Gasteiger partial charge in [-0.3, -0.25) is 13.9 Å². The van der Waals surface area contributed by atoms with Crippen LogP contribution in [0, 0.1) is 12.7 Å². The lowest BCUT2D eigenvalue weighted by Gasteiger charge is -2.33. The van der Waals surface area contributed by atoms with E-state index in [1.54, 1.807) is 13.8 Å². The van der Waals surface area contributed by atoms with E-state index in [0.29, 0.717) is 13.0 Å². The minimum Gasteiger partial charge on any atom is -0.355 e. The molecule has 0 saturated carbocycles. The number of rotatable bonds is 10. The number of benzene rings is 2. The van der Waals surface area contributed by atoms with Gasteiger partial charge in [0, 0.05) is 13.1 Å². The Bertz CT molecular complexity index is 1060. The molecule has 32 heavy (non-hydrogen) atoms. The first-order chi connectivity index (χ1) is 15.1. The summed E-state index contributed by atoms with van der Waals surface area (Å²) in [6.45, 7) is 5.35. The van der Waals surface area contributed by atoms with E-state index in [1.807, 2.05) is 31.2 Å². The SMILES string of the molecule is CCNC(=O)[C@@H](CC)N(Cc1ccccc1C)C(=O)CN(c1ccccc1F)S(C)(=O)=O. The van der Waals surface area contributed by atoms with Crippen LogP contribution < -0.4 is 9.62 Å². The number of amides is 2. The van der Waals surface area contributed by atoms with E-state index in [9.17, 15) is 22.4 Å². The van der Waals surface area contributed by atoms with E-state index in [2.05, 4.69) is 5.32 Å². The predicted octanol–water partition coefficient (Wildman–Crippen LogP) is 2.84. The molecule has 0 fully saturated rings. The maximum atomic E-state index is 14.4. The van der Waals surface area contributed by atoms with Gasteiger partial charge >= 0.3 is 0 Å². The standard InChI is InChI=1S/C23H30FN3O4S/c1-5-20(23(29)25-6-2)26(15-18-12-8-7-11-17(18)3)22(28)16-27(32(4,30)31)21-14-10-9-13-19(21)24/h7-14,20H,5-6,15-16H2,1-4H3,(H,25,29)/t20-/m1/s1. The minimum absolute atomic E-state index is 0.121. The summed E-state index contributed by atoms with van der Waals surface area (Å²) in [4.78, 5) is 27.5. The smallest absolute Gasteiger partial charge is 0.244 e. The number of para-hydroxylation sites is 1. The Kier molecular flexibility index (Phi) is 8.77. The largest absolute Gasteiger partial charge is 0.355 e. The lowest BCUT2D eigenvalue weighted by atomic mass is 10.1. The van der Waals surface area contributed by atoms with Crippen molar-refractivity contribution >= 4 is 27.5 Å². The number of sulfonamides is 1. The maximum absolute atomic E-state index is 14.4. The van der Waals surface area contributed by atoms with Gasteiger partial charge in [-0.15, -0.1) is 0 Å². The highest BCUT2D eigenvalue weighted by Crippen LogP contribution is 2.23. The van der Waals surface area contributed by atoms with Crippen molar-refractivity contribution in [1.29, 1.82) is 0 Å². The van der Waals surface area contributed by atoms with Crippen molar-refractivity contribution in [1.82, 2.24) is 10.2 Å². The first-order valence-corrected chi connectivity index (χ1v) is 12.3. The Morgan fingerprint density at radius 2 is 1.69 bits per heavy atom. The van der Waals surface area contributed by atoms with Gasteiger partial charge in [0.2, 0.25) is 21.8 Å². The summed E-state index contributed by atoms with van der Waals surface area (Å²) in [6, 6.07) is 12.0. The average Bonchev–Trinajstić information content (AvgIpc) is 2.73. The fourth-order valence-corrected chi connectivity index (χ4v) is 4.28. The molecule has 9 heteroatoms. The van der Waals surface area contributed by atoms with Crippen molar-refractivity contribution < 1.29 is 22.4 Å². The van der Waals surface area contributed by atoms with Crippen LogP contribution in [0.5, 0.6) is 0 Å². The summed E-state index contributed by atoms with van der Waals surface area (Å²) >= 11 is 0. The highest BCUT2D eigenvalue weighted by molar-refractivity contribution is 7.92. The summed E-state index contributed by atoms with van der Waals surface area (Å²) in [6.07, 6.45) is 1.25. The number of halogens is 1. The van der Waals surface area contributed by atoms with E-state index in [1.165, 1.54) is 23.1 Å². The van der Waals surface area contributed by atoms with Crippen molar-refractivity contribution in [3.05, 3.63) is 65.5 Å². The summed E-state index contributed by atoms with van der Waals surface area (Å²) in [5.41, 5.74) is 1.55. The number of nitrogens with zero attached hydrogens (tertiary/aromatic N) is 2. The highest BCUT2D eigenvalue weighted by Gasteiger charge is 2.32. The molecule has 2 rings (SSSR count). The lowest BCUT2D eigenvalue weighted by molar-refractivity contribution is -0.140. The van der Waals surface area contributed by atoms with Gasteiger partial charge in [0.15, 0.2) is 0 Å². The number of nitrogens with one attached hydrogen (secondary N) is 1.